The number of oxime groups is 1. The first kappa shape index (κ1) is 13.4. The molecule has 1 fully saturated rings. The van der Waals surface area contributed by atoms with Gasteiger partial charge in [-0.25, -0.2) is 4.79 Å². The zero-order valence-electron chi connectivity index (χ0n) is 9.99. The summed E-state index contributed by atoms with van der Waals surface area (Å²) >= 11 is 1.72. The van der Waals surface area contributed by atoms with E-state index >= 15 is 0 Å². The number of thioether (sulfide) groups is 1. The summed E-state index contributed by atoms with van der Waals surface area (Å²) in [5.41, 5.74) is 1.02. The van der Waals surface area contributed by atoms with Crippen LogP contribution in [0.3, 0.4) is 0 Å². The number of carbonyl (C=O) groups is 1. The lowest BCUT2D eigenvalue weighted by Crippen LogP contribution is -2.23. The van der Waals surface area contributed by atoms with Crippen LogP contribution in [0, 0.1) is 5.92 Å². The van der Waals surface area contributed by atoms with E-state index in [0.717, 1.165) is 11.5 Å². The lowest BCUT2D eigenvalue weighted by atomic mass is 9.86. The van der Waals surface area contributed by atoms with Gasteiger partial charge in [0.1, 0.15) is 0 Å². The Hall–Kier alpha value is -0.710. The Morgan fingerprint density at radius 1 is 1.44 bits per heavy atom. The molecule has 4 nitrogen and oxygen atoms in total. The topological polar surface area (TPSA) is 50.7 Å². The Balaban J connectivity index is 2.53. The average Bonchev–Trinajstić information content (AvgIpc) is 2.35. The number of nitrogens with zero attached hydrogens (tertiary/aromatic N) is 1. The molecule has 5 heteroatoms. The zero-order chi connectivity index (χ0) is 11.8. The fourth-order valence-corrected chi connectivity index (χ4v) is 2.53. The maximum atomic E-state index is 11.0. The molecular weight excluding hydrogens is 224 g/mol. The highest BCUT2D eigenvalue weighted by Gasteiger charge is 2.19. The summed E-state index contributed by atoms with van der Waals surface area (Å²) in [5, 5.41) is 6.38. The highest BCUT2D eigenvalue weighted by Crippen LogP contribution is 2.26. The molecule has 1 rings (SSSR count). The van der Waals surface area contributed by atoms with Crippen LogP contribution in [0.4, 0.5) is 4.79 Å². The molecule has 0 bridgehead atoms. The predicted octanol–water partition coefficient (Wildman–Crippen LogP) is 2.64. The van der Waals surface area contributed by atoms with Crippen molar-refractivity contribution < 1.29 is 9.63 Å². The Morgan fingerprint density at radius 3 is 2.69 bits per heavy atom. The largest absolute Gasteiger partial charge is 0.433 e. The van der Waals surface area contributed by atoms with Gasteiger partial charge in [-0.15, -0.1) is 0 Å². The van der Waals surface area contributed by atoms with Crippen molar-refractivity contribution in [3.05, 3.63) is 0 Å². The average molecular weight is 244 g/mol. The summed E-state index contributed by atoms with van der Waals surface area (Å²) < 4.78 is 0. The first-order valence-corrected chi connectivity index (χ1v) is 7.11. The lowest BCUT2D eigenvalue weighted by Gasteiger charge is -2.22. The summed E-state index contributed by atoms with van der Waals surface area (Å²) in [4.78, 5) is 15.7. The molecule has 1 saturated carbocycles. The molecule has 0 aromatic heterocycles. The molecule has 0 atom stereocenters. The van der Waals surface area contributed by atoms with Crippen LogP contribution in [-0.4, -0.2) is 30.9 Å². The van der Waals surface area contributed by atoms with Gasteiger partial charge >= 0.3 is 6.09 Å². The number of rotatable bonds is 4. The van der Waals surface area contributed by atoms with Gasteiger partial charge in [0.2, 0.25) is 0 Å². The van der Waals surface area contributed by atoms with E-state index in [2.05, 4.69) is 10.5 Å². The third kappa shape index (κ3) is 4.43. The summed E-state index contributed by atoms with van der Waals surface area (Å²) in [6.45, 7) is 0. The molecule has 1 amide bonds. The number of amides is 1. The number of hydrogen-bond donors (Lipinski definition) is 1. The zero-order valence-corrected chi connectivity index (χ0v) is 10.8. The van der Waals surface area contributed by atoms with E-state index in [0.29, 0.717) is 5.92 Å². The second kappa shape index (κ2) is 7.54. The van der Waals surface area contributed by atoms with Crippen LogP contribution in [0.25, 0.3) is 0 Å². The van der Waals surface area contributed by atoms with E-state index in [1.54, 1.807) is 11.8 Å². The maximum Gasteiger partial charge on any atom is 0.433 e. The molecule has 16 heavy (non-hydrogen) atoms. The van der Waals surface area contributed by atoms with E-state index in [1.165, 1.54) is 39.2 Å². The van der Waals surface area contributed by atoms with Crippen LogP contribution >= 0.6 is 11.8 Å². The first-order chi connectivity index (χ1) is 7.77. The molecule has 92 valence electrons. The molecule has 1 aliphatic rings. The summed E-state index contributed by atoms with van der Waals surface area (Å²) in [6.07, 6.45) is 7.75. The van der Waals surface area contributed by atoms with Gasteiger partial charge < -0.3 is 5.32 Å². The third-order valence-corrected chi connectivity index (χ3v) is 3.40. The van der Waals surface area contributed by atoms with Crippen molar-refractivity contribution in [2.24, 2.45) is 11.1 Å². The molecule has 0 spiro atoms. The molecule has 0 saturated heterocycles. The van der Waals surface area contributed by atoms with Crippen molar-refractivity contribution >= 4 is 23.6 Å². The highest BCUT2D eigenvalue weighted by atomic mass is 32.2. The van der Waals surface area contributed by atoms with Gasteiger partial charge in [-0.05, 0) is 19.1 Å². The Bertz CT molecular complexity index is 250. The Labute approximate surface area is 101 Å². The summed E-state index contributed by atoms with van der Waals surface area (Å²) in [6, 6.07) is 0. The molecule has 0 radical (unpaired) electrons. The molecule has 1 N–H and O–H groups in total. The van der Waals surface area contributed by atoms with Gasteiger partial charge in [0.05, 0.1) is 5.71 Å². The van der Waals surface area contributed by atoms with Crippen LogP contribution in [0.5, 0.6) is 0 Å². The van der Waals surface area contributed by atoms with Crippen LogP contribution in [0.1, 0.15) is 32.1 Å². The van der Waals surface area contributed by atoms with Crippen LogP contribution < -0.4 is 5.32 Å². The first-order valence-electron chi connectivity index (χ1n) is 5.72. The van der Waals surface area contributed by atoms with Crippen molar-refractivity contribution in [3.8, 4) is 0 Å². The predicted molar refractivity (Wildman–Crippen MR) is 67.9 cm³/mol. The smallest absolute Gasteiger partial charge is 0.323 e. The van der Waals surface area contributed by atoms with Crippen LogP contribution in [-0.2, 0) is 4.84 Å². The lowest BCUT2D eigenvalue weighted by molar-refractivity contribution is 0.152. The van der Waals surface area contributed by atoms with Gasteiger partial charge in [-0.2, -0.15) is 11.8 Å². The summed E-state index contributed by atoms with van der Waals surface area (Å²) in [5.74, 6) is 1.35. The molecule has 1 aliphatic carbocycles. The molecule has 0 heterocycles. The maximum absolute atomic E-state index is 11.0. The van der Waals surface area contributed by atoms with Crippen molar-refractivity contribution in [2.75, 3.05) is 19.1 Å². The minimum Gasteiger partial charge on any atom is -0.323 e. The van der Waals surface area contributed by atoms with E-state index in [1.807, 2.05) is 6.26 Å². The molecule has 0 aromatic carbocycles. The molecular formula is C11H20N2O2S. The Morgan fingerprint density at radius 2 is 2.12 bits per heavy atom. The van der Waals surface area contributed by atoms with Crippen LogP contribution in [0.15, 0.2) is 5.16 Å². The van der Waals surface area contributed by atoms with E-state index < -0.39 is 6.09 Å². The second-order valence-corrected chi connectivity index (χ2v) is 4.85. The van der Waals surface area contributed by atoms with E-state index in [4.69, 9.17) is 4.84 Å². The number of hydrogen-bond acceptors (Lipinski definition) is 4. The second-order valence-electron chi connectivity index (χ2n) is 3.98. The summed E-state index contributed by atoms with van der Waals surface area (Å²) in [7, 11) is 1.53. The fraction of sp³-hybridized carbons (Fsp3) is 0.818. The van der Waals surface area contributed by atoms with Crippen molar-refractivity contribution in [1.82, 2.24) is 5.32 Å². The number of carbonyl (C=O) groups excluding carboxylic acids is 1. The van der Waals surface area contributed by atoms with Crippen molar-refractivity contribution in [3.63, 3.8) is 0 Å². The normalized spacial score (nSPS) is 18.2. The van der Waals surface area contributed by atoms with E-state index in [9.17, 15) is 4.79 Å². The highest BCUT2D eigenvalue weighted by molar-refractivity contribution is 7.99. The standard InChI is InChI=1S/C11H20N2O2S/c1-12-11(14)15-13-10(8-16-2)9-6-4-3-5-7-9/h9H,3-8H2,1-2H3,(H,12,14). The van der Waals surface area contributed by atoms with Gasteiger partial charge in [0.15, 0.2) is 0 Å². The van der Waals surface area contributed by atoms with Crippen molar-refractivity contribution in [2.45, 2.75) is 32.1 Å². The van der Waals surface area contributed by atoms with Crippen LogP contribution in [0.2, 0.25) is 0 Å². The van der Waals surface area contributed by atoms with Crippen molar-refractivity contribution in [1.29, 1.82) is 0 Å². The SMILES string of the molecule is CNC(=O)ON=C(CSC)C1CCCCC1. The minimum absolute atomic E-state index is 0.491. The fourth-order valence-electron chi connectivity index (χ4n) is 1.95. The van der Waals surface area contributed by atoms with Gasteiger partial charge in [-0.1, -0.05) is 24.4 Å². The van der Waals surface area contributed by atoms with Gasteiger partial charge in [0, 0.05) is 18.7 Å². The molecule has 0 unspecified atom stereocenters. The minimum atomic E-state index is -0.491. The molecule has 0 aliphatic heterocycles. The molecule has 0 aromatic rings. The van der Waals surface area contributed by atoms with Gasteiger partial charge in [0.25, 0.3) is 0 Å². The van der Waals surface area contributed by atoms with Gasteiger partial charge in [-0.3, -0.25) is 4.84 Å². The number of nitrogens with one attached hydrogen (secondary N) is 1. The van der Waals surface area contributed by atoms with E-state index in [-0.39, 0.29) is 0 Å². The Kier molecular flexibility index (Phi) is 6.30. The monoisotopic (exact) mass is 244 g/mol. The third-order valence-electron chi connectivity index (χ3n) is 2.82. The quantitative estimate of drug-likeness (QED) is 0.470.